The average Bonchev–Trinajstić information content (AvgIpc) is 2.01. The summed E-state index contributed by atoms with van der Waals surface area (Å²) in [7, 11) is -1.15. The largest absolute Gasteiger partial charge is 0 e. The van der Waals surface area contributed by atoms with Gasteiger partial charge >= 0.3 is 88.6 Å². The monoisotopic (exact) mass is 313 g/mol. The van der Waals surface area contributed by atoms with E-state index in [-0.39, 0.29) is 19.5 Å². The SMILES string of the molecule is C=CC[PH](C)(C)C1=CCCC=CCC1.[Rh]. The number of hydrogen-bond acceptors (Lipinski definition) is 0. The maximum atomic E-state index is 3.88. The quantitative estimate of drug-likeness (QED) is 0.416. The molecular formula is C13H23PRh. The van der Waals surface area contributed by atoms with Crippen molar-refractivity contribution in [2.45, 2.75) is 25.7 Å². The van der Waals surface area contributed by atoms with Crippen molar-refractivity contribution >= 4 is 7.26 Å². The molecule has 0 saturated heterocycles. The van der Waals surface area contributed by atoms with E-state index in [0.29, 0.717) is 0 Å². The summed E-state index contributed by atoms with van der Waals surface area (Å²) in [5, 5.41) is 1.75. The fourth-order valence-corrected chi connectivity index (χ4v) is 4.54. The molecule has 15 heavy (non-hydrogen) atoms. The van der Waals surface area contributed by atoms with Crippen LogP contribution in [0.5, 0.6) is 0 Å². The Labute approximate surface area is 108 Å². The Morgan fingerprint density at radius 1 is 1.27 bits per heavy atom. The first-order valence-electron chi connectivity index (χ1n) is 5.62. The molecule has 0 heterocycles. The Morgan fingerprint density at radius 2 is 1.93 bits per heavy atom. The molecular weight excluding hydrogens is 290 g/mol. The van der Waals surface area contributed by atoms with Crippen LogP contribution < -0.4 is 0 Å². The van der Waals surface area contributed by atoms with Gasteiger partial charge in [-0.3, -0.25) is 0 Å². The molecule has 0 bridgehead atoms. The van der Waals surface area contributed by atoms with Gasteiger partial charge in [0.15, 0.2) is 0 Å². The summed E-state index contributed by atoms with van der Waals surface area (Å²) in [6.07, 6.45) is 15.5. The Bertz CT molecular complexity index is 251. The molecule has 0 saturated carbocycles. The van der Waals surface area contributed by atoms with Gasteiger partial charge in [0.1, 0.15) is 0 Å². The third-order valence-corrected chi connectivity index (χ3v) is 6.50. The van der Waals surface area contributed by atoms with Crippen molar-refractivity contribution in [3.63, 3.8) is 0 Å². The average molecular weight is 313 g/mol. The summed E-state index contributed by atoms with van der Waals surface area (Å²) >= 11 is 0. The summed E-state index contributed by atoms with van der Waals surface area (Å²) in [5.74, 6) is 0. The number of hydrogen-bond donors (Lipinski definition) is 0. The second-order valence-electron chi connectivity index (χ2n) is 4.69. The fourth-order valence-electron chi connectivity index (χ4n) is 2.04. The maximum absolute atomic E-state index is 3.88. The number of allylic oxidation sites excluding steroid dienone is 5. The summed E-state index contributed by atoms with van der Waals surface area (Å²) < 4.78 is 0. The van der Waals surface area contributed by atoms with Gasteiger partial charge in [0.25, 0.3) is 0 Å². The smallest absolute Gasteiger partial charge is 0 e. The van der Waals surface area contributed by atoms with Gasteiger partial charge < -0.3 is 0 Å². The molecule has 1 aliphatic carbocycles. The predicted octanol–water partition coefficient (Wildman–Crippen LogP) is 4.19. The van der Waals surface area contributed by atoms with Crippen molar-refractivity contribution in [3.05, 3.63) is 36.2 Å². The summed E-state index contributed by atoms with van der Waals surface area (Å²) in [4.78, 5) is 0. The molecule has 89 valence electrons. The first kappa shape index (κ1) is 15.3. The van der Waals surface area contributed by atoms with E-state index >= 15 is 0 Å². The molecule has 0 aromatic carbocycles. The maximum Gasteiger partial charge on any atom is 0 e. The zero-order valence-electron chi connectivity index (χ0n) is 9.89. The molecule has 0 atom stereocenters. The van der Waals surface area contributed by atoms with E-state index in [2.05, 4.69) is 44.2 Å². The molecule has 0 aromatic heterocycles. The third-order valence-electron chi connectivity index (χ3n) is 3.00. The van der Waals surface area contributed by atoms with Crippen molar-refractivity contribution in [3.8, 4) is 0 Å². The van der Waals surface area contributed by atoms with Gasteiger partial charge in [0.05, 0.1) is 0 Å². The van der Waals surface area contributed by atoms with Crippen molar-refractivity contribution < 1.29 is 19.5 Å². The van der Waals surface area contributed by atoms with Gasteiger partial charge in [-0.15, -0.1) is 0 Å². The summed E-state index contributed by atoms with van der Waals surface area (Å²) in [5.41, 5.74) is 0. The zero-order valence-corrected chi connectivity index (χ0v) is 12.5. The van der Waals surface area contributed by atoms with Crippen LogP contribution in [0.4, 0.5) is 0 Å². The molecule has 0 spiro atoms. The van der Waals surface area contributed by atoms with Crippen molar-refractivity contribution in [2.24, 2.45) is 0 Å². The number of rotatable bonds is 3. The van der Waals surface area contributed by atoms with Gasteiger partial charge in [-0.1, -0.05) is 0 Å². The molecule has 1 aliphatic rings. The van der Waals surface area contributed by atoms with Crippen LogP contribution in [0.25, 0.3) is 0 Å². The second-order valence-corrected chi connectivity index (χ2v) is 9.51. The van der Waals surface area contributed by atoms with E-state index < -0.39 is 7.26 Å². The molecule has 0 unspecified atom stereocenters. The van der Waals surface area contributed by atoms with E-state index in [4.69, 9.17) is 0 Å². The zero-order chi connectivity index (χ0) is 10.4. The molecule has 0 nitrogen and oxygen atoms in total. The minimum absolute atomic E-state index is 0. The fraction of sp³-hybridized carbons (Fsp3) is 0.538. The molecule has 0 fully saturated rings. The molecule has 1 rings (SSSR count). The van der Waals surface area contributed by atoms with Crippen LogP contribution in [-0.4, -0.2) is 19.5 Å². The van der Waals surface area contributed by atoms with Crippen molar-refractivity contribution in [2.75, 3.05) is 19.5 Å². The Kier molecular flexibility index (Phi) is 7.67. The minimum Gasteiger partial charge on any atom is 0 e. The van der Waals surface area contributed by atoms with Gasteiger partial charge in [0.2, 0.25) is 0 Å². The minimum atomic E-state index is -1.15. The van der Waals surface area contributed by atoms with Gasteiger partial charge in [0, 0.05) is 19.5 Å². The van der Waals surface area contributed by atoms with E-state index in [1.165, 1.54) is 31.8 Å². The van der Waals surface area contributed by atoms with Crippen LogP contribution in [0.1, 0.15) is 25.7 Å². The van der Waals surface area contributed by atoms with Gasteiger partial charge in [-0.05, 0) is 0 Å². The second kappa shape index (κ2) is 7.53. The predicted molar refractivity (Wildman–Crippen MR) is 70.9 cm³/mol. The van der Waals surface area contributed by atoms with Crippen molar-refractivity contribution in [1.82, 2.24) is 0 Å². The molecule has 0 N–H and O–H groups in total. The standard InChI is InChI=1S/C13H23P.Rh/c1-4-12-14(2,3)13-10-8-6-5-7-9-11-13;/h4-6,11,14H,1,7-10,12H2,2-3H3;. The first-order valence-corrected chi connectivity index (χ1v) is 8.83. The van der Waals surface area contributed by atoms with Crippen LogP contribution in [0, 0.1) is 0 Å². The van der Waals surface area contributed by atoms with Crippen LogP contribution in [-0.2, 0) is 19.5 Å². The molecule has 0 aromatic rings. The van der Waals surface area contributed by atoms with E-state index in [1.54, 1.807) is 5.31 Å². The molecule has 2 heteroatoms. The molecule has 0 amide bonds. The first-order chi connectivity index (χ1) is 6.67. The van der Waals surface area contributed by atoms with Gasteiger partial charge in [-0.25, -0.2) is 0 Å². The Balaban J connectivity index is 0.00000196. The Morgan fingerprint density at radius 3 is 2.60 bits per heavy atom. The van der Waals surface area contributed by atoms with E-state index in [1.807, 2.05) is 0 Å². The molecule has 1 radical (unpaired) electrons. The normalized spacial score (nSPS) is 18.1. The van der Waals surface area contributed by atoms with Gasteiger partial charge in [-0.2, -0.15) is 0 Å². The van der Waals surface area contributed by atoms with E-state index in [0.717, 1.165) is 0 Å². The third kappa shape index (κ3) is 5.23. The van der Waals surface area contributed by atoms with Crippen LogP contribution >= 0.6 is 7.26 Å². The van der Waals surface area contributed by atoms with Crippen molar-refractivity contribution in [1.29, 1.82) is 0 Å². The Hall–Kier alpha value is 0.273. The van der Waals surface area contributed by atoms with E-state index in [9.17, 15) is 0 Å². The topological polar surface area (TPSA) is 0 Å². The van der Waals surface area contributed by atoms with Crippen LogP contribution in [0.3, 0.4) is 0 Å². The van der Waals surface area contributed by atoms with Crippen LogP contribution in [0.2, 0.25) is 0 Å². The summed E-state index contributed by atoms with van der Waals surface area (Å²) in [6.45, 7) is 8.80. The van der Waals surface area contributed by atoms with Crippen LogP contribution in [0.15, 0.2) is 36.2 Å². The summed E-state index contributed by atoms with van der Waals surface area (Å²) in [6, 6.07) is 0. The molecule has 0 aliphatic heterocycles.